The normalized spacial score (nSPS) is 21.1. The number of piperidine rings is 1. The predicted octanol–water partition coefficient (Wildman–Crippen LogP) is 0.299. The van der Waals surface area contributed by atoms with Crippen LogP contribution in [0.1, 0.15) is 25.7 Å². The quantitative estimate of drug-likeness (QED) is 0.616. The van der Waals surface area contributed by atoms with E-state index < -0.39 is 0 Å². The van der Waals surface area contributed by atoms with Crippen molar-refractivity contribution >= 4 is 6.29 Å². The van der Waals surface area contributed by atoms with Gasteiger partial charge in [0.25, 0.3) is 0 Å². The van der Waals surface area contributed by atoms with Gasteiger partial charge in [0.2, 0.25) is 0 Å². The van der Waals surface area contributed by atoms with E-state index in [1.165, 1.54) is 0 Å². The van der Waals surface area contributed by atoms with Crippen molar-refractivity contribution in [2.45, 2.75) is 31.7 Å². The maximum absolute atomic E-state index is 9.94. The van der Waals surface area contributed by atoms with Crippen LogP contribution in [-0.2, 0) is 4.79 Å². The Balaban J connectivity index is 2.05. The highest BCUT2D eigenvalue weighted by Gasteiger charge is 2.14. The van der Waals surface area contributed by atoms with Crippen LogP contribution in [0.3, 0.4) is 0 Å². The number of carbonyl (C=O) groups excluding carboxylic acids is 1. The Bertz CT molecular complexity index is 130. The van der Waals surface area contributed by atoms with Gasteiger partial charge >= 0.3 is 0 Å². The van der Waals surface area contributed by atoms with Crippen LogP contribution in [0.5, 0.6) is 0 Å². The molecule has 0 bridgehead atoms. The van der Waals surface area contributed by atoms with Crippen molar-refractivity contribution in [2.75, 3.05) is 19.6 Å². The average molecular weight is 169 g/mol. The van der Waals surface area contributed by atoms with Crippen molar-refractivity contribution in [3.63, 3.8) is 0 Å². The number of likely N-dealkylation sites (tertiary alicyclic amines) is 1. The van der Waals surface area contributed by atoms with Crippen LogP contribution in [0.25, 0.3) is 0 Å². The van der Waals surface area contributed by atoms with Gasteiger partial charge in [-0.25, -0.2) is 0 Å². The van der Waals surface area contributed by atoms with Gasteiger partial charge in [-0.3, -0.25) is 4.79 Å². The van der Waals surface area contributed by atoms with Crippen LogP contribution in [0, 0.1) is 0 Å². The summed E-state index contributed by atoms with van der Waals surface area (Å²) in [6.45, 7) is 3.22. The summed E-state index contributed by atoms with van der Waals surface area (Å²) in [4.78, 5) is 12.3. The molecule has 0 aliphatic carbocycles. The minimum atomic E-state index is 0.402. The van der Waals surface area contributed by atoms with Crippen LogP contribution >= 0.6 is 0 Å². The molecule has 1 fully saturated rings. The Labute approximate surface area is 73.9 Å². The van der Waals surface area contributed by atoms with E-state index in [0.29, 0.717) is 12.5 Å². The Morgan fingerprint density at radius 2 is 2.08 bits per heavy atom. The average Bonchev–Trinajstić information content (AvgIpc) is 2.09. The lowest BCUT2D eigenvalue weighted by atomic mass is 10.1. The molecule has 1 rings (SSSR count). The lowest BCUT2D eigenvalue weighted by Crippen LogP contribution is -2.40. The minimum Gasteiger partial charge on any atom is -0.328 e. The van der Waals surface area contributed by atoms with Gasteiger partial charge < -0.3 is 10.6 Å². The summed E-state index contributed by atoms with van der Waals surface area (Å²) in [7, 11) is 0. The van der Waals surface area contributed by atoms with Crippen LogP contribution < -0.4 is 5.73 Å². The largest absolute Gasteiger partial charge is 0.328 e. The van der Waals surface area contributed by atoms with E-state index >= 15 is 0 Å². The third kappa shape index (κ3) is 3.32. The van der Waals surface area contributed by atoms with Crippen molar-refractivity contribution in [3.05, 3.63) is 0 Å². The van der Waals surface area contributed by atoms with Gasteiger partial charge in [0.15, 0.2) is 6.29 Å². The van der Waals surface area contributed by atoms with Crippen molar-refractivity contribution in [1.82, 2.24) is 4.90 Å². The number of hydrogen-bond acceptors (Lipinski definition) is 3. The van der Waals surface area contributed by atoms with E-state index in [9.17, 15) is 4.79 Å². The zero-order valence-corrected chi connectivity index (χ0v) is 7.46. The smallest absolute Gasteiger partial charge is 0.198 e. The predicted molar refractivity (Wildman–Crippen MR) is 48.6 cm³/mol. The highest BCUT2D eigenvalue weighted by Crippen LogP contribution is 2.08. The molecule has 69 valence electrons. The zero-order chi connectivity index (χ0) is 8.81. The first-order valence-corrected chi connectivity index (χ1v) is 4.66. The van der Waals surface area contributed by atoms with E-state index in [0.717, 1.165) is 38.9 Å². The highest BCUT2D eigenvalue weighted by molar-refractivity contribution is 5.50. The molecule has 1 heterocycles. The van der Waals surface area contributed by atoms with Crippen LogP contribution in [-0.4, -0.2) is 36.9 Å². The molecule has 0 spiro atoms. The molecule has 1 saturated heterocycles. The fourth-order valence-corrected chi connectivity index (χ4v) is 1.55. The third-order valence-corrected chi connectivity index (χ3v) is 2.39. The van der Waals surface area contributed by atoms with Crippen molar-refractivity contribution in [3.8, 4) is 0 Å². The standard InChI is InChI=1S/C9H17N2O/c10-9-3-6-11(7-4-9)5-1-2-8-12/h9H,1-7,10H2. The highest BCUT2D eigenvalue weighted by atomic mass is 16.1. The number of hydrogen-bond donors (Lipinski definition) is 1. The van der Waals surface area contributed by atoms with Crippen LogP contribution in [0.15, 0.2) is 0 Å². The van der Waals surface area contributed by atoms with Crippen molar-refractivity contribution in [2.24, 2.45) is 5.73 Å². The van der Waals surface area contributed by atoms with Gasteiger partial charge in [0, 0.05) is 12.5 Å². The number of nitrogens with two attached hydrogens (primary N) is 1. The van der Waals surface area contributed by atoms with E-state index in [1.807, 2.05) is 6.29 Å². The van der Waals surface area contributed by atoms with Gasteiger partial charge in [0.1, 0.15) is 0 Å². The molecule has 0 aromatic carbocycles. The van der Waals surface area contributed by atoms with E-state index in [2.05, 4.69) is 4.90 Å². The molecule has 1 radical (unpaired) electrons. The van der Waals surface area contributed by atoms with Crippen LogP contribution in [0.2, 0.25) is 0 Å². The topological polar surface area (TPSA) is 46.3 Å². The molecule has 0 saturated carbocycles. The second-order valence-electron chi connectivity index (χ2n) is 3.43. The van der Waals surface area contributed by atoms with E-state index in [4.69, 9.17) is 5.73 Å². The van der Waals surface area contributed by atoms with Crippen molar-refractivity contribution < 1.29 is 4.79 Å². The summed E-state index contributed by atoms with van der Waals surface area (Å²) in [5, 5.41) is 0. The van der Waals surface area contributed by atoms with Gasteiger partial charge in [0.05, 0.1) is 0 Å². The Morgan fingerprint density at radius 3 is 2.67 bits per heavy atom. The van der Waals surface area contributed by atoms with Gasteiger partial charge in [-0.15, -0.1) is 0 Å². The summed E-state index contributed by atoms with van der Waals surface area (Å²) in [6, 6.07) is 0.402. The van der Waals surface area contributed by atoms with Gasteiger partial charge in [-0.2, -0.15) is 0 Å². The first-order valence-electron chi connectivity index (χ1n) is 4.66. The van der Waals surface area contributed by atoms with E-state index in [-0.39, 0.29) is 0 Å². The maximum atomic E-state index is 9.94. The second kappa shape index (κ2) is 5.27. The summed E-state index contributed by atoms with van der Waals surface area (Å²) in [6.07, 6.45) is 5.63. The number of unbranched alkanes of at least 4 members (excludes halogenated alkanes) is 1. The van der Waals surface area contributed by atoms with Gasteiger partial charge in [-0.1, -0.05) is 0 Å². The summed E-state index contributed by atoms with van der Waals surface area (Å²) in [5.41, 5.74) is 5.76. The fraction of sp³-hybridized carbons (Fsp3) is 0.889. The molecule has 0 amide bonds. The second-order valence-corrected chi connectivity index (χ2v) is 3.43. The number of nitrogens with zero attached hydrogens (tertiary/aromatic N) is 1. The molecule has 0 aromatic heterocycles. The maximum Gasteiger partial charge on any atom is 0.198 e. The molecule has 3 nitrogen and oxygen atoms in total. The number of rotatable bonds is 4. The SMILES string of the molecule is NC1CCN(CCC[C]=O)CC1. The summed E-state index contributed by atoms with van der Waals surface area (Å²) < 4.78 is 0. The van der Waals surface area contributed by atoms with Crippen molar-refractivity contribution in [1.29, 1.82) is 0 Å². The van der Waals surface area contributed by atoms with E-state index in [1.54, 1.807) is 0 Å². The lowest BCUT2D eigenvalue weighted by molar-refractivity contribution is 0.212. The molecule has 12 heavy (non-hydrogen) atoms. The Kier molecular flexibility index (Phi) is 4.25. The lowest BCUT2D eigenvalue weighted by Gasteiger charge is -2.29. The Hall–Kier alpha value is -0.410. The van der Waals surface area contributed by atoms with Gasteiger partial charge in [-0.05, 0) is 38.9 Å². The zero-order valence-electron chi connectivity index (χ0n) is 7.46. The Morgan fingerprint density at radius 1 is 1.42 bits per heavy atom. The molecule has 3 heteroatoms. The summed E-state index contributed by atoms with van der Waals surface area (Å²) in [5.74, 6) is 0. The summed E-state index contributed by atoms with van der Waals surface area (Å²) >= 11 is 0. The molecule has 0 aromatic rings. The molecule has 0 unspecified atom stereocenters. The molecule has 1 aliphatic heterocycles. The first-order chi connectivity index (χ1) is 5.83. The molecular formula is C9H17N2O. The molecular weight excluding hydrogens is 152 g/mol. The molecule has 1 aliphatic rings. The monoisotopic (exact) mass is 169 g/mol. The fourth-order valence-electron chi connectivity index (χ4n) is 1.55. The van der Waals surface area contributed by atoms with Crippen LogP contribution in [0.4, 0.5) is 0 Å². The molecule has 2 N–H and O–H groups in total. The minimum absolute atomic E-state index is 0.402. The third-order valence-electron chi connectivity index (χ3n) is 2.39. The first kappa shape index (κ1) is 9.68. The molecule has 0 atom stereocenters.